The Labute approximate surface area is 99.5 Å². The smallest absolute Gasteiger partial charge is 0.168 e. The first-order valence-corrected chi connectivity index (χ1v) is 5.23. The molecule has 0 atom stereocenters. The number of carbonyl (C=O) groups is 1. The van der Waals surface area contributed by atoms with Crippen molar-refractivity contribution in [3.8, 4) is 11.4 Å². The first-order chi connectivity index (χ1) is 7.70. The molecule has 0 unspecified atom stereocenters. The van der Waals surface area contributed by atoms with Crippen LogP contribution in [-0.4, -0.2) is 16.3 Å². The van der Waals surface area contributed by atoms with Crippen LogP contribution in [-0.2, 0) is 0 Å². The Kier molecular flexibility index (Phi) is 3.05. The van der Waals surface area contributed by atoms with Gasteiger partial charge in [-0.25, -0.2) is 14.4 Å². The highest BCUT2D eigenvalue weighted by Crippen LogP contribution is 2.22. The van der Waals surface area contributed by atoms with E-state index in [1.165, 1.54) is 18.3 Å². The van der Waals surface area contributed by atoms with Crippen LogP contribution in [0.15, 0.2) is 34.9 Å². The van der Waals surface area contributed by atoms with Gasteiger partial charge in [0, 0.05) is 11.8 Å². The van der Waals surface area contributed by atoms with Crippen molar-refractivity contribution in [3.63, 3.8) is 0 Å². The van der Waals surface area contributed by atoms with E-state index in [9.17, 15) is 9.18 Å². The highest BCUT2D eigenvalue weighted by molar-refractivity contribution is 9.10. The fraction of sp³-hybridized carbons (Fsp3) is 0. The number of benzene rings is 1. The van der Waals surface area contributed by atoms with Crippen LogP contribution in [0.4, 0.5) is 4.39 Å². The van der Waals surface area contributed by atoms with Crippen LogP contribution in [0.2, 0.25) is 0 Å². The minimum absolute atomic E-state index is 0.297. The molecule has 3 nitrogen and oxygen atoms in total. The Balaban J connectivity index is 2.49. The summed E-state index contributed by atoms with van der Waals surface area (Å²) in [5.41, 5.74) is 0.947. The lowest BCUT2D eigenvalue weighted by molar-refractivity contribution is 0.111. The van der Waals surface area contributed by atoms with Gasteiger partial charge in [0.2, 0.25) is 0 Å². The summed E-state index contributed by atoms with van der Waals surface area (Å²) in [4.78, 5) is 18.6. The molecule has 2 rings (SSSR count). The van der Waals surface area contributed by atoms with Crippen LogP contribution < -0.4 is 0 Å². The summed E-state index contributed by atoms with van der Waals surface area (Å²) < 4.78 is 13.4. The number of aldehydes is 1. The molecule has 1 heterocycles. The van der Waals surface area contributed by atoms with Gasteiger partial charge < -0.3 is 0 Å². The maximum atomic E-state index is 13.0. The molecule has 0 aliphatic carbocycles. The number of aromatic nitrogens is 2. The lowest BCUT2D eigenvalue weighted by Crippen LogP contribution is -1.93. The van der Waals surface area contributed by atoms with Gasteiger partial charge in [-0.1, -0.05) is 0 Å². The summed E-state index contributed by atoms with van der Waals surface area (Å²) in [5.74, 6) is 0.0422. The van der Waals surface area contributed by atoms with Crippen molar-refractivity contribution in [2.75, 3.05) is 0 Å². The van der Waals surface area contributed by atoms with Crippen LogP contribution in [0.3, 0.4) is 0 Å². The highest BCUT2D eigenvalue weighted by atomic mass is 79.9. The zero-order valence-corrected chi connectivity index (χ0v) is 9.61. The van der Waals surface area contributed by atoms with Gasteiger partial charge in [-0.2, -0.15) is 0 Å². The molecule has 16 heavy (non-hydrogen) atoms. The minimum atomic E-state index is -0.352. The summed E-state index contributed by atoms with van der Waals surface area (Å²) in [7, 11) is 0. The molecule has 0 aliphatic rings. The number of hydrogen-bond acceptors (Lipinski definition) is 3. The Hall–Kier alpha value is -1.62. The van der Waals surface area contributed by atoms with Crippen LogP contribution in [0.5, 0.6) is 0 Å². The predicted octanol–water partition coefficient (Wildman–Crippen LogP) is 2.86. The number of halogens is 2. The quantitative estimate of drug-likeness (QED) is 0.795. The molecular weight excluding hydrogens is 275 g/mol. The summed E-state index contributed by atoms with van der Waals surface area (Å²) in [6.45, 7) is 0. The standard InChI is InChI=1S/C11H6BrFN2O/c12-9-5-7(1-2-10(9)13)11-14-4-3-8(6-16)15-11/h1-6H. The Bertz CT molecular complexity index is 545. The molecule has 80 valence electrons. The minimum Gasteiger partial charge on any atom is -0.296 e. The molecule has 0 spiro atoms. The van der Waals surface area contributed by atoms with Crippen molar-refractivity contribution in [1.29, 1.82) is 0 Å². The Morgan fingerprint density at radius 1 is 1.31 bits per heavy atom. The fourth-order valence-electron chi connectivity index (χ4n) is 1.21. The molecule has 5 heteroatoms. The van der Waals surface area contributed by atoms with E-state index in [1.54, 1.807) is 12.1 Å². The lowest BCUT2D eigenvalue weighted by Gasteiger charge is -2.01. The zero-order chi connectivity index (χ0) is 11.5. The third-order valence-electron chi connectivity index (χ3n) is 1.98. The molecule has 0 amide bonds. The maximum Gasteiger partial charge on any atom is 0.168 e. The molecule has 0 bridgehead atoms. The number of carbonyl (C=O) groups excluding carboxylic acids is 1. The third-order valence-corrected chi connectivity index (χ3v) is 2.58. The average molecular weight is 281 g/mol. The second-order valence-corrected chi connectivity index (χ2v) is 3.91. The van der Waals surface area contributed by atoms with Gasteiger partial charge in [0.1, 0.15) is 11.5 Å². The van der Waals surface area contributed by atoms with Crippen LogP contribution in [0.25, 0.3) is 11.4 Å². The van der Waals surface area contributed by atoms with E-state index >= 15 is 0 Å². The zero-order valence-electron chi connectivity index (χ0n) is 8.02. The summed E-state index contributed by atoms with van der Waals surface area (Å²) in [5, 5.41) is 0. The van der Waals surface area contributed by atoms with Gasteiger partial charge in [-0.05, 0) is 40.2 Å². The van der Waals surface area contributed by atoms with Gasteiger partial charge in [-0.15, -0.1) is 0 Å². The van der Waals surface area contributed by atoms with Crippen molar-refractivity contribution in [1.82, 2.24) is 9.97 Å². The molecular formula is C11H6BrFN2O. The molecule has 1 aromatic heterocycles. The van der Waals surface area contributed by atoms with E-state index in [0.29, 0.717) is 27.8 Å². The predicted molar refractivity (Wildman–Crippen MR) is 60.5 cm³/mol. The van der Waals surface area contributed by atoms with E-state index in [0.717, 1.165) is 0 Å². The largest absolute Gasteiger partial charge is 0.296 e. The first-order valence-electron chi connectivity index (χ1n) is 4.44. The molecule has 0 N–H and O–H groups in total. The molecule has 0 fully saturated rings. The molecule has 0 aliphatic heterocycles. The van der Waals surface area contributed by atoms with Crippen LogP contribution in [0.1, 0.15) is 10.5 Å². The summed E-state index contributed by atoms with van der Waals surface area (Å²) in [6, 6.07) is 5.95. The van der Waals surface area contributed by atoms with Gasteiger partial charge in [0.15, 0.2) is 12.1 Å². The van der Waals surface area contributed by atoms with Gasteiger partial charge in [0.25, 0.3) is 0 Å². The molecule has 0 saturated heterocycles. The lowest BCUT2D eigenvalue weighted by atomic mass is 10.2. The van der Waals surface area contributed by atoms with E-state index in [-0.39, 0.29) is 5.82 Å². The van der Waals surface area contributed by atoms with Gasteiger partial charge in [-0.3, -0.25) is 4.79 Å². The first kappa shape index (κ1) is 10.9. The number of rotatable bonds is 2. The van der Waals surface area contributed by atoms with Crippen molar-refractivity contribution < 1.29 is 9.18 Å². The number of hydrogen-bond donors (Lipinski definition) is 0. The molecule has 0 saturated carbocycles. The third kappa shape index (κ3) is 2.14. The van der Waals surface area contributed by atoms with Crippen LogP contribution >= 0.6 is 15.9 Å². The van der Waals surface area contributed by atoms with E-state index < -0.39 is 0 Å². The van der Waals surface area contributed by atoms with E-state index in [4.69, 9.17) is 0 Å². The average Bonchev–Trinajstić information content (AvgIpc) is 2.33. The summed E-state index contributed by atoms with van der Waals surface area (Å²) in [6.07, 6.45) is 2.13. The fourth-order valence-corrected chi connectivity index (χ4v) is 1.59. The summed E-state index contributed by atoms with van der Waals surface area (Å²) >= 11 is 3.08. The SMILES string of the molecule is O=Cc1ccnc(-c2ccc(F)c(Br)c2)n1. The van der Waals surface area contributed by atoms with Crippen molar-refractivity contribution in [3.05, 3.63) is 46.4 Å². The topological polar surface area (TPSA) is 42.9 Å². The second kappa shape index (κ2) is 4.49. The number of nitrogens with zero attached hydrogens (tertiary/aromatic N) is 2. The normalized spacial score (nSPS) is 10.1. The second-order valence-electron chi connectivity index (χ2n) is 3.05. The molecule has 2 aromatic rings. The maximum absolute atomic E-state index is 13.0. The van der Waals surface area contributed by atoms with Crippen molar-refractivity contribution in [2.45, 2.75) is 0 Å². The molecule has 0 radical (unpaired) electrons. The van der Waals surface area contributed by atoms with Crippen molar-refractivity contribution >= 4 is 22.2 Å². The monoisotopic (exact) mass is 280 g/mol. The van der Waals surface area contributed by atoms with Crippen LogP contribution in [0, 0.1) is 5.82 Å². The molecule has 1 aromatic carbocycles. The Morgan fingerprint density at radius 2 is 2.12 bits per heavy atom. The van der Waals surface area contributed by atoms with E-state index in [2.05, 4.69) is 25.9 Å². The van der Waals surface area contributed by atoms with Gasteiger partial charge in [0.05, 0.1) is 4.47 Å². The van der Waals surface area contributed by atoms with E-state index in [1.807, 2.05) is 0 Å². The van der Waals surface area contributed by atoms with Gasteiger partial charge >= 0.3 is 0 Å². The Morgan fingerprint density at radius 3 is 2.81 bits per heavy atom. The highest BCUT2D eigenvalue weighted by Gasteiger charge is 2.05. The van der Waals surface area contributed by atoms with Crippen molar-refractivity contribution in [2.24, 2.45) is 0 Å².